The molecule has 1 aromatic rings. The molecule has 2 heterocycles. The topological polar surface area (TPSA) is 52.6 Å². The fourth-order valence-corrected chi connectivity index (χ4v) is 4.04. The van der Waals surface area contributed by atoms with E-state index in [-0.39, 0.29) is 24.0 Å². The lowest BCUT2D eigenvalue weighted by Gasteiger charge is -2.17. The van der Waals surface area contributed by atoms with Crippen LogP contribution in [0, 0.1) is 19.8 Å². The van der Waals surface area contributed by atoms with E-state index in [1.165, 1.54) is 37.2 Å². The molecule has 0 amide bonds. The Balaban J connectivity index is 0.00000192. The third kappa shape index (κ3) is 5.29. The molecule has 3 rings (SSSR count). The summed E-state index contributed by atoms with van der Waals surface area (Å²) >= 11 is 1.76. The van der Waals surface area contributed by atoms with Gasteiger partial charge < -0.3 is 15.5 Å². The molecule has 2 fully saturated rings. The highest BCUT2D eigenvalue weighted by Gasteiger charge is 2.34. The Kier molecular flexibility index (Phi) is 7.09. The number of thiazole rings is 1. The summed E-state index contributed by atoms with van der Waals surface area (Å²) in [7, 11) is 1.84. The fraction of sp³-hybridized carbons (Fsp3) is 0.750. The quantitative estimate of drug-likeness (QED) is 0.412. The van der Waals surface area contributed by atoms with Gasteiger partial charge in [-0.25, -0.2) is 4.98 Å². The van der Waals surface area contributed by atoms with Crippen LogP contribution in [0.3, 0.4) is 0 Å². The van der Waals surface area contributed by atoms with Crippen LogP contribution in [0.4, 0.5) is 0 Å². The monoisotopic (exact) mass is 449 g/mol. The fourth-order valence-electron chi connectivity index (χ4n) is 3.16. The average molecular weight is 449 g/mol. The number of aliphatic imine (C=N–C) groups is 1. The molecule has 1 aromatic heterocycles. The second-order valence-electron chi connectivity index (χ2n) is 6.43. The minimum absolute atomic E-state index is 0. The highest BCUT2D eigenvalue weighted by atomic mass is 127. The van der Waals surface area contributed by atoms with Crippen molar-refractivity contribution in [3.63, 3.8) is 0 Å². The van der Waals surface area contributed by atoms with Crippen molar-refractivity contribution < 1.29 is 0 Å². The van der Waals surface area contributed by atoms with E-state index in [2.05, 4.69) is 39.4 Å². The minimum atomic E-state index is 0. The number of guanidine groups is 1. The van der Waals surface area contributed by atoms with Crippen LogP contribution in [0.1, 0.15) is 34.8 Å². The van der Waals surface area contributed by atoms with Crippen LogP contribution in [0.15, 0.2) is 4.99 Å². The van der Waals surface area contributed by atoms with Gasteiger partial charge in [-0.3, -0.25) is 4.99 Å². The maximum absolute atomic E-state index is 4.47. The van der Waals surface area contributed by atoms with Gasteiger partial charge in [0.25, 0.3) is 0 Å². The number of nitrogens with one attached hydrogen (secondary N) is 2. The van der Waals surface area contributed by atoms with E-state index in [1.54, 1.807) is 11.3 Å². The molecular weight excluding hydrogens is 421 g/mol. The van der Waals surface area contributed by atoms with E-state index >= 15 is 0 Å². The highest BCUT2D eigenvalue weighted by Crippen LogP contribution is 2.31. The summed E-state index contributed by atoms with van der Waals surface area (Å²) < 4.78 is 0. The van der Waals surface area contributed by atoms with Crippen LogP contribution in [-0.4, -0.2) is 48.6 Å². The third-order valence-corrected chi connectivity index (χ3v) is 5.65. The number of hydrogen-bond donors (Lipinski definition) is 2. The molecular formula is C16H28IN5S. The van der Waals surface area contributed by atoms with Crippen LogP contribution < -0.4 is 10.6 Å². The molecule has 1 unspecified atom stereocenters. The molecule has 1 atom stereocenters. The zero-order chi connectivity index (χ0) is 15.5. The molecule has 23 heavy (non-hydrogen) atoms. The number of rotatable bonds is 5. The van der Waals surface area contributed by atoms with Gasteiger partial charge in [0.2, 0.25) is 0 Å². The molecule has 1 aliphatic heterocycles. The smallest absolute Gasteiger partial charge is 0.191 e. The van der Waals surface area contributed by atoms with E-state index in [4.69, 9.17) is 0 Å². The lowest BCUT2D eigenvalue weighted by Crippen LogP contribution is -2.40. The first kappa shape index (κ1) is 18.9. The van der Waals surface area contributed by atoms with E-state index in [0.29, 0.717) is 0 Å². The number of aromatic nitrogens is 1. The molecule has 2 N–H and O–H groups in total. The Morgan fingerprint density at radius 1 is 1.30 bits per heavy atom. The van der Waals surface area contributed by atoms with Crippen LogP contribution in [0.2, 0.25) is 0 Å². The molecule has 2 aliphatic rings. The Labute approximate surface area is 160 Å². The molecule has 130 valence electrons. The second kappa shape index (κ2) is 8.62. The largest absolute Gasteiger partial charge is 0.356 e. The number of likely N-dealkylation sites (tertiary alicyclic amines) is 1. The summed E-state index contributed by atoms with van der Waals surface area (Å²) in [5.74, 6) is 1.65. The maximum Gasteiger partial charge on any atom is 0.191 e. The highest BCUT2D eigenvalue weighted by molar-refractivity contribution is 14.0. The maximum atomic E-state index is 4.47. The molecule has 0 aromatic carbocycles. The van der Waals surface area contributed by atoms with E-state index in [1.807, 2.05) is 7.05 Å². The van der Waals surface area contributed by atoms with E-state index < -0.39 is 0 Å². The summed E-state index contributed by atoms with van der Waals surface area (Å²) in [6, 6.07) is 0.903. The van der Waals surface area contributed by atoms with Gasteiger partial charge in [0, 0.05) is 31.1 Å². The molecule has 7 heteroatoms. The summed E-state index contributed by atoms with van der Waals surface area (Å²) in [5.41, 5.74) is 1.13. The van der Waals surface area contributed by atoms with Crippen molar-refractivity contribution in [2.75, 3.05) is 26.7 Å². The lowest BCUT2D eigenvalue weighted by molar-refractivity contribution is 0.314. The van der Waals surface area contributed by atoms with Crippen molar-refractivity contribution in [2.24, 2.45) is 10.9 Å². The molecule has 1 saturated heterocycles. The summed E-state index contributed by atoms with van der Waals surface area (Å²) in [6.45, 7) is 8.48. The summed E-state index contributed by atoms with van der Waals surface area (Å²) in [6.07, 6.45) is 4.14. The summed E-state index contributed by atoms with van der Waals surface area (Å²) in [5, 5.41) is 8.02. The molecule has 1 aliphatic carbocycles. The molecule has 0 spiro atoms. The summed E-state index contributed by atoms with van der Waals surface area (Å²) in [4.78, 5) is 12.8. The van der Waals surface area contributed by atoms with Gasteiger partial charge in [-0.15, -0.1) is 35.3 Å². The number of hydrogen-bond acceptors (Lipinski definition) is 4. The van der Waals surface area contributed by atoms with Gasteiger partial charge in [0.05, 0.1) is 17.2 Å². The van der Waals surface area contributed by atoms with Gasteiger partial charge in [0.15, 0.2) is 5.96 Å². The predicted octanol–water partition coefficient (Wildman–Crippen LogP) is 2.53. The molecule has 0 bridgehead atoms. The molecule has 1 saturated carbocycles. The van der Waals surface area contributed by atoms with E-state index in [0.717, 1.165) is 41.7 Å². The predicted molar refractivity (Wildman–Crippen MR) is 108 cm³/mol. The Morgan fingerprint density at radius 3 is 2.70 bits per heavy atom. The average Bonchev–Trinajstić information content (AvgIpc) is 3.16. The molecule has 0 radical (unpaired) electrons. The number of aryl methyl sites for hydroxylation is 2. The lowest BCUT2D eigenvalue weighted by atomic mass is 10.1. The van der Waals surface area contributed by atoms with Crippen molar-refractivity contribution in [2.45, 2.75) is 45.7 Å². The first-order valence-corrected chi connectivity index (χ1v) is 9.09. The Hall–Kier alpha value is -0.410. The minimum Gasteiger partial charge on any atom is -0.356 e. The van der Waals surface area contributed by atoms with Crippen molar-refractivity contribution in [3.05, 3.63) is 15.6 Å². The van der Waals surface area contributed by atoms with Gasteiger partial charge in [-0.05, 0) is 45.6 Å². The van der Waals surface area contributed by atoms with Crippen LogP contribution in [-0.2, 0) is 6.54 Å². The van der Waals surface area contributed by atoms with Crippen molar-refractivity contribution in [1.82, 2.24) is 20.5 Å². The van der Waals surface area contributed by atoms with Crippen molar-refractivity contribution in [1.29, 1.82) is 0 Å². The Morgan fingerprint density at radius 2 is 2.09 bits per heavy atom. The van der Waals surface area contributed by atoms with Crippen LogP contribution >= 0.6 is 35.3 Å². The van der Waals surface area contributed by atoms with Crippen LogP contribution in [0.5, 0.6) is 0 Å². The van der Waals surface area contributed by atoms with Crippen molar-refractivity contribution >= 4 is 41.3 Å². The molecule has 5 nitrogen and oxygen atoms in total. The van der Waals surface area contributed by atoms with Gasteiger partial charge in [0.1, 0.15) is 0 Å². The first-order chi connectivity index (χ1) is 10.7. The Bertz CT molecular complexity index is 541. The zero-order valence-corrected chi connectivity index (χ0v) is 17.4. The van der Waals surface area contributed by atoms with Gasteiger partial charge >= 0.3 is 0 Å². The van der Waals surface area contributed by atoms with Crippen molar-refractivity contribution in [3.8, 4) is 0 Å². The first-order valence-electron chi connectivity index (χ1n) is 8.27. The normalized spacial score (nSPS) is 22.0. The SMILES string of the molecule is CN=C(NCc1sc(C)nc1C)NCC1CCN(C2CC2)C1.I. The van der Waals surface area contributed by atoms with Gasteiger partial charge in [-0.2, -0.15) is 0 Å². The van der Waals surface area contributed by atoms with Gasteiger partial charge in [-0.1, -0.05) is 0 Å². The van der Waals surface area contributed by atoms with E-state index in [9.17, 15) is 0 Å². The van der Waals surface area contributed by atoms with Crippen LogP contribution in [0.25, 0.3) is 0 Å². The zero-order valence-electron chi connectivity index (χ0n) is 14.3. The second-order valence-corrected chi connectivity index (χ2v) is 7.72. The number of nitrogens with zero attached hydrogens (tertiary/aromatic N) is 3. The standard InChI is InChI=1S/C16H27N5S.HI/c1-11-15(22-12(2)20-11)9-19-16(17-3)18-8-13-6-7-21(10-13)14-4-5-14;/h13-14H,4-10H2,1-3H3,(H2,17,18,19);1H. The third-order valence-electron chi connectivity index (χ3n) is 4.58. The number of halogens is 1.